The van der Waals surface area contributed by atoms with Crippen LogP contribution in [0.4, 0.5) is 0 Å². The number of unbranched alkanes of at least 4 members (excludes halogenated alkanes) is 8. The van der Waals surface area contributed by atoms with Crippen LogP contribution in [0.5, 0.6) is 23.0 Å². The number of carbonyl (C=O) groups is 10. The van der Waals surface area contributed by atoms with E-state index in [1.807, 2.05) is 0 Å². The molecule has 4 aromatic rings. The minimum atomic E-state index is -0.783. The summed E-state index contributed by atoms with van der Waals surface area (Å²) in [5, 5.41) is 0. The maximum atomic E-state index is 14.8. The van der Waals surface area contributed by atoms with Crippen LogP contribution in [0, 0.1) is 0 Å². The Labute approximate surface area is 588 Å². The molecule has 20 nitrogen and oxygen atoms in total. The van der Waals surface area contributed by atoms with Gasteiger partial charge in [-0.15, -0.1) is 0 Å². The smallest absolute Gasteiger partial charge is 0.331 e. The van der Waals surface area contributed by atoms with Gasteiger partial charge < -0.3 is 47.4 Å². The number of ketones is 4. The van der Waals surface area contributed by atoms with Gasteiger partial charge in [0.2, 0.25) is 0 Å². The van der Waals surface area contributed by atoms with E-state index in [9.17, 15) is 47.9 Å². The molecule has 0 fully saturated rings. The van der Waals surface area contributed by atoms with Gasteiger partial charge in [0.15, 0.2) is 23.1 Å². The second kappa shape index (κ2) is 45.3. The van der Waals surface area contributed by atoms with Gasteiger partial charge in [-0.2, -0.15) is 0 Å². The number of ether oxygens (including phenoxy) is 10. The van der Waals surface area contributed by atoms with Crippen molar-refractivity contribution in [3.05, 3.63) is 165 Å². The number of fused-ring (bicyclic) bond motifs is 8. The monoisotopic (exact) mass is 1380 g/mol. The molecule has 0 aliphatic heterocycles. The molecule has 8 bridgehead atoms. The predicted octanol–water partition coefficient (Wildman–Crippen LogP) is 14.5. The summed E-state index contributed by atoms with van der Waals surface area (Å²) < 4.78 is 58.7. The SMILES string of the molecule is C=CC(=O)OCCCOc1c2cc(C(=O)CCCCC)cc1Cc1cc(C(=O)CCCCC)cc(c1OCCCOC(=O)/C=C\C(=O)OC)Cc1cc(C(=O)CCCCC)cc(c1OCCCOC(=O)C=C)Cc1cc(C(=O)CCCCC)cc(c1OCCCOC(=O)/C=C\C(=O)OC)C2. The Balaban J connectivity index is 1.98. The number of methoxy groups -OCH3 is 2. The normalized spacial score (nSPS) is 11.7. The molecule has 4 aromatic carbocycles. The highest BCUT2D eigenvalue weighted by molar-refractivity contribution is 5.99. The summed E-state index contributed by atoms with van der Waals surface area (Å²) in [7, 11) is 2.37. The van der Waals surface area contributed by atoms with E-state index in [0.717, 1.165) is 87.8 Å². The first-order valence-corrected chi connectivity index (χ1v) is 35.1. The highest BCUT2D eigenvalue weighted by Crippen LogP contribution is 2.42. The zero-order valence-electron chi connectivity index (χ0n) is 59.3. The number of hydrogen-bond acceptors (Lipinski definition) is 20. The van der Waals surface area contributed by atoms with Gasteiger partial charge in [0.1, 0.15) is 23.0 Å². The third kappa shape index (κ3) is 27.7. The van der Waals surface area contributed by atoms with E-state index < -0.39 is 35.8 Å². The number of hydrogen-bond donors (Lipinski definition) is 0. The minimum Gasteiger partial charge on any atom is -0.493 e. The molecule has 0 unspecified atom stereocenters. The lowest BCUT2D eigenvalue weighted by Gasteiger charge is -2.25. The van der Waals surface area contributed by atoms with Crippen molar-refractivity contribution in [3.8, 4) is 23.0 Å². The minimum absolute atomic E-state index is 0.0119. The molecule has 1 aliphatic rings. The van der Waals surface area contributed by atoms with Crippen molar-refractivity contribution in [3.63, 3.8) is 0 Å². The molecular weight excluding hydrogens is 1280 g/mol. The number of Topliss-reactive ketones (excluding diaryl/α,β-unsaturated/α-hetero) is 4. The fraction of sp³-hybridized carbons (Fsp3) is 0.475. The fourth-order valence-corrected chi connectivity index (χ4v) is 11.2. The Bertz CT molecular complexity index is 3210. The van der Waals surface area contributed by atoms with Crippen molar-refractivity contribution in [2.45, 2.75) is 182 Å². The standard InChI is InChI=1S/C80H100O20/c1-9-15-19-27-67(81)55-43-59-51-63-47-57(69(83)29-21-17-11-3)49-65(79(63)99-41-25-37-95-75(89)33-31-73(87)91-7)53-61-45-56(68(82)28-20-16-10-2)46-62(78(61)98-40-24-36-94-72(86)14-6)54-66-50-58(70(84)30-22-18-12-4)48-64(52-60(44-55)77(59)97-39-23-35-93-71(85)13-5)80(66)100-42-26-38-96-76(90)34-32-74(88)92-8/h13-14,31-34,43-50H,5-6,9-12,15-30,35-42,51-54H2,1-4,7-8H3/b33-31-,34-32-. The lowest BCUT2D eigenvalue weighted by Crippen LogP contribution is -2.15. The van der Waals surface area contributed by atoms with Crippen molar-refractivity contribution in [2.24, 2.45) is 0 Å². The van der Waals surface area contributed by atoms with Crippen molar-refractivity contribution in [1.29, 1.82) is 0 Å². The van der Waals surface area contributed by atoms with Gasteiger partial charge in [-0.3, -0.25) is 19.2 Å². The van der Waals surface area contributed by atoms with Crippen molar-refractivity contribution >= 4 is 58.9 Å². The zero-order valence-corrected chi connectivity index (χ0v) is 59.3. The topological polar surface area (TPSA) is 263 Å². The summed E-state index contributed by atoms with van der Waals surface area (Å²) >= 11 is 0. The lowest BCUT2D eigenvalue weighted by molar-refractivity contribution is -0.139. The summed E-state index contributed by atoms with van der Waals surface area (Å²) in [6.45, 7) is 14.9. The molecule has 0 saturated heterocycles. The molecule has 0 amide bonds. The third-order valence-corrected chi connectivity index (χ3v) is 16.4. The van der Waals surface area contributed by atoms with Crippen LogP contribution >= 0.6 is 0 Å². The van der Waals surface area contributed by atoms with Gasteiger partial charge in [-0.1, -0.05) is 92.2 Å². The Morgan fingerprint density at radius 3 is 0.710 bits per heavy atom. The Hall–Kier alpha value is -9.46. The predicted molar refractivity (Wildman–Crippen MR) is 378 cm³/mol. The molecule has 0 N–H and O–H groups in total. The van der Waals surface area contributed by atoms with E-state index >= 15 is 0 Å². The van der Waals surface area contributed by atoms with Gasteiger partial charge in [0, 0.05) is 136 Å². The average Bonchev–Trinajstić information content (AvgIpc) is 0.771. The van der Waals surface area contributed by atoms with Gasteiger partial charge in [0.25, 0.3) is 0 Å². The second-order valence-corrected chi connectivity index (χ2v) is 24.3. The summed E-state index contributed by atoms with van der Waals surface area (Å²) in [5.74, 6) is -3.43. The molecular formula is C80H100O20. The Morgan fingerprint density at radius 2 is 0.510 bits per heavy atom. The molecule has 0 radical (unpaired) electrons. The van der Waals surface area contributed by atoms with E-state index in [1.54, 1.807) is 48.5 Å². The number of rotatable bonds is 46. The summed E-state index contributed by atoms with van der Waals surface area (Å²) in [4.78, 5) is 133. The summed E-state index contributed by atoms with van der Waals surface area (Å²) in [5.41, 5.74) is 5.62. The van der Waals surface area contributed by atoms with Crippen LogP contribution in [0.15, 0.2) is 98.1 Å². The summed E-state index contributed by atoms with van der Waals surface area (Å²) in [6, 6.07) is 14.4. The molecule has 0 spiro atoms. The van der Waals surface area contributed by atoms with Crippen molar-refractivity contribution < 1.29 is 95.3 Å². The third-order valence-electron chi connectivity index (χ3n) is 16.4. The van der Waals surface area contributed by atoms with Crippen LogP contribution in [0.1, 0.15) is 242 Å². The molecule has 540 valence electrons. The van der Waals surface area contributed by atoms with Crippen LogP contribution in [-0.2, 0) is 82.9 Å². The Morgan fingerprint density at radius 1 is 0.300 bits per heavy atom. The van der Waals surface area contributed by atoms with Crippen LogP contribution in [-0.4, -0.2) is 126 Å². The molecule has 0 saturated carbocycles. The van der Waals surface area contributed by atoms with Gasteiger partial charge in [0.05, 0.1) is 67.1 Å². The molecule has 0 atom stereocenters. The first kappa shape index (κ1) is 81.2. The number of benzene rings is 4. The van der Waals surface area contributed by atoms with Gasteiger partial charge in [-0.25, -0.2) is 28.8 Å². The average molecular weight is 1380 g/mol. The van der Waals surface area contributed by atoms with E-state index in [1.165, 1.54) is 14.2 Å². The van der Waals surface area contributed by atoms with E-state index in [4.69, 9.17) is 37.9 Å². The van der Waals surface area contributed by atoms with Gasteiger partial charge in [-0.05, 0) is 119 Å². The quantitative estimate of drug-likeness (QED) is 0.0115. The molecule has 100 heavy (non-hydrogen) atoms. The first-order valence-electron chi connectivity index (χ1n) is 35.1. The fourth-order valence-electron chi connectivity index (χ4n) is 11.2. The van der Waals surface area contributed by atoms with E-state index in [0.29, 0.717) is 115 Å². The molecule has 20 heteroatoms. The maximum absolute atomic E-state index is 14.8. The van der Waals surface area contributed by atoms with E-state index in [2.05, 4.69) is 50.3 Å². The second-order valence-electron chi connectivity index (χ2n) is 24.3. The number of esters is 6. The highest BCUT2D eigenvalue weighted by atomic mass is 16.6. The van der Waals surface area contributed by atoms with Crippen molar-refractivity contribution in [1.82, 2.24) is 0 Å². The number of carbonyl (C=O) groups excluding carboxylic acids is 10. The first-order chi connectivity index (χ1) is 48.4. The zero-order chi connectivity index (χ0) is 72.6. The largest absolute Gasteiger partial charge is 0.493 e. The van der Waals surface area contributed by atoms with Crippen LogP contribution in [0.2, 0.25) is 0 Å². The van der Waals surface area contributed by atoms with Gasteiger partial charge >= 0.3 is 35.8 Å². The highest BCUT2D eigenvalue weighted by Gasteiger charge is 2.28. The van der Waals surface area contributed by atoms with Crippen LogP contribution in [0.25, 0.3) is 0 Å². The lowest BCUT2D eigenvalue weighted by atomic mass is 9.86. The van der Waals surface area contributed by atoms with Crippen LogP contribution < -0.4 is 18.9 Å². The van der Waals surface area contributed by atoms with Crippen molar-refractivity contribution in [2.75, 3.05) is 67.1 Å². The maximum Gasteiger partial charge on any atom is 0.331 e. The van der Waals surface area contributed by atoms with Crippen LogP contribution in [0.3, 0.4) is 0 Å². The Kier molecular flexibility index (Phi) is 36.8. The van der Waals surface area contributed by atoms with E-state index in [-0.39, 0.29) is 153 Å². The molecule has 0 aromatic heterocycles. The summed E-state index contributed by atoms with van der Waals surface area (Å²) in [6.07, 6.45) is 16.7. The molecule has 5 rings (SSSR count). The molecule has 1 aliphatic carbocycles. The molecule has 0 heterocycles.